The minimum atomic E-state index is -5.31. The summed E-state index contributed by atoms with van der Waals surface area (Å²) in [5.74, 6) is -7.11. The van der Waals surface area contributed by atoms with Crippen LogP contribution in [0.15, 0.2) is 131 Å². The molecule has 0 saturated carbocycles. The van der Waals surface area contributed by atoms with E-state index in [0.717, 1.165) is 37.8 Å². The van der Waals surface area contributed by atoms with Crippen LogP contribution in [0.4, 0.5) is 67.4 Å². The van der Waals surface area contributed by atoms with Crippen molar-refractivity contribution in [3.05, 3.63) is 128 Å². The molecule has 7 aromatic rings. The number of benzene rings is 4. The second-order valence-corrected chi connectivity index (χ2v) is 27.4. The number of thioether (sulfide) groups is 1. The van der Waals surface area contributed by atoms with E-state index in [1.54, 1.807) is 36.4 Å². The SMILES string of the molecule is CCN(CC)c1ccc(/N=N/c2sc(/C=C(/C(C)=O)C(=O)Nc3cccc(C(N)=O)c3)c(S(=O)(=O)O)c2C#N)c(Nc2nc(Nc3cc(N(CC)CC)ccc3/N=N/c3sc(/C=C(\C(C)=O)C(=O)Nc4cccc(C(N)=O)c4)c(S(=O)(=O)O)c3C#N)nc(SCCS(=O)(=O)O)n2)c1. The molecule has 11 N–H and O–H groups in total. The highest BCUT2D eigenvalue weighted by Gasteiger charge is 2.31. The van der Waals surface area contributed by atoms with E-state index in [2.05, 4.69) is 56.7 Å². The lowest BCUT2D eigenvalue weighted by Gasteiger charge is -2.22. The molecule has 97 heavy (non-hydrogen) atoms. The van der Waals surface area contributed by atoms with Crippen molar-refractivity contribution in [1.82, 2.24) is 15.0 Å². The van der Waals surface area contributed by atoms with E-state index >= 15 is 0 Å². The molecule has 0 atom stereocenters. The Kier molecular flexibility index (Phi) is 24.2. The molecule has 0 aliphatic carbocycles. The summed E-state index contributed by atoms with van der Waals surface area (Å²) in [5, 5.41) is 48.0. The van der Waals surface area contributed by atoms with Gasteiger partial charge in [0.25, 0.3) is 42.2 Å². The van der Waals surface area contributed by atoms with Crippen LogP contribution in [-0.4, -0.2) is 127 Å². The third kappa shape index (κ3) is 19.1. The van der Waals surface area contributed by atoms with E-state index in [9.17, 15) is 78.2 Å². The first-order valence-electron chi connectivity index (χ1n) is 28.3. The predicted octanol–water partition coefficient (Wildman–Crippen LogP) is 9.64. The summed E-state index contributed by atoms with van der Waals surface area (Å²) >= 11 is 1.70. The number of carbonyl (C=O) groups excluding carboxylic acids is 6. The number of azo groups is 2. The molecule has 3 heterocycles. The minimum Gasteiger partial charge on any atom is -0.372 e. The number of aromatic nitrogens is 3. The maximum Gasteiger partial charge on any atom is 0.297 e. The van der Waals surface area contributed by atoms with Gasteiger partial charge in [0.1, 0.15) is 44.4 Å². The zero-order chi connectivity index (χ0) is 71.3. The highest BCUT2D eigenvalue weighted by molar-refractivity contribution is 8.00. The van der Waals surface area contributed by atoms with E-state index in [0.29, 0.717) is 60.2 Å². The van der Waals surface area contributed by atoms with Gasteiger partial charge in [0.15, 0.2) is 26.7 Å². The lowest BCUT2D eigenvalue weighted by atomic mass is 10.1. The summed E-state index contributed by atoms with van der Waals surface area (Å²) in [4.78, 5) is 91.3. The van der Waals surface area contributed by atoms with Gasteiger partial charge in [0.2, 0.25) is 23.7 Å². The molecule has 0 saturated heterocycles. The van der Waals surface area contributed by atoms with Crippen LogP contribution in [0.3, 0.4) is 0 Å². The van der Waals surface area contributed by atoms with Gasteiger partial charge in [-0.05, 0) is 126 Å². The lowest BCUT2D eigenvalue weighted by Crippen LogP contribution is -2.21. The van der Waals surface area contributed by atoms with Crippen LogP contribution in [0.2, 0.25) is 0 Å². The average Bonchev–Trinajstić information content (AvgIpc) is 1.80. The minimum absolute atomic E-state index is 0.0118. The second kappa shape index (κ2) is 31.8. The molecule has 7 rings (SSSR count). The van der Waals surface area contributed by atoms with Gasteiger partial charge in [-0.3, -0.25) is 42.4 Å². The van der Waals surface area contributed by atoms with Crippen molar-refractivity contribution in [1.29, 1.82) is 10.5 Å². The molecule has 0 radical (unpaired) electrons. The van der Waals surface area contributed by atoms with E-state index in [1.807, 2.05) is 37.5 Å². The fourth-order valence-electron chi connectivity index (χ4n) is 8.90. The van der Waals surface area contributed by atoms with E-state index in [4.69, 9.17) is 11.5 Å². The molecular formula is C59H57N17O15S6. The van der Waals surface area contributed by atoms with Crippen molar-refractivity contribution < 1.29 is 67.7 Å². The molecule has 0 fully saturated rings. The van der Waals surface area contributed by atoms with Gasteiger partial charge in [0.05, 0.1) is 38.0 Å². The molecule has 4 amide bonds. The first-order chi connectivity index (χ1) is 45.8. The quantitative estimate of drug-likeness (QED) is 0.00505. The highest BCUT2D eigenvalue weighted by atomic mass is 32.2. The first kappa shape index (κ1) is 73.9. The second-order valence-electron chi connectivity index (χ2n) is 19.9. The number of nitriles is 2. The van der Waals surface area contributed by atoms with Crippen LogP contribution in [0.1, 0.15) is 83.1 Å². The fraction of sp³-hybridized carbons (Fsp3) is 0.203. The van der Waals surface area contributed by atoms with Crippen molar-refractivity contribution in [3.8, 4) is 12.1 Å². The fourth-order valence-corrected chi connectivity index (χ4v) is 14.8. The van der Waals surface area contributed by atoms with E-state index in [1.165, 1.54) is 60.7 Å². The monoisotopic (exact) mass is 1440 g/mol. The number of thiophene rings is 2. The summed E-state index contributed by atoms with van der Waals surface area (Å²) in [6, 6.07) is 23.7. The molecule has 0 bridgehead atoms. The molecule has 4 aromatic carbocycles. The lowest BCUT2D eigenvalue weighted by molar-refractivity contribution is -0.120. The number of anilines is 8. The number of nitrogens with one attached hydrogen (secondary N) is 4. The molecule has 504 valence electrons. The molecule has 0 aliphatic heterocycles. The van der Waals surface area contributed by atoms with Crippen molar-refractivity contribution in [2.24, 2.45) is 31.9 Å². The summed E-state index contributed by atoms with van der Waals surface area (Å²) < 4.78 is 107. The number of hydrogen-bond acceptors (Lipinski definition) is 28. The number of rotatable bonds is 30. The van der Waals surface area contributed by atoms with Crippen LogP contribution in [0.5, 0.6) is 0 Å². The number of hydrogen-bond donors (Lipinski definition) is 9. The van der Waals surface area contributed by atoms with Gasteiger partial charge in [-0.25, -0.2) is 0 Å². The average molecular weight is 1440 g/mol. The molecular weight excluding hydrogens is 1380 g/mol. The Morgan fingerprint density at radius 2 is 0.979 bits per heavy atom. The molecule has 32 nitrogen and oxygen atoms in total. The Morgan fingerprint density at radius 3 is 1.31 bits per heavy atom. The number of nitrogens with zero attached hydrogens (tertiary/aromatic N) is 11. The molecule has 0 unspecified atom stereocenters. The summed E-state index contributed by atoms with van der Waals surface area (Å²) in [5.41, 5.74) is 9.43. The maximum absolute atomic E-state index is 13.6. The number of primary amides is 2. The van der Waals surface area contributed by atoms with Gasteiger partial charge >= 0.3 is 0 Å². The standard InChI is InChI=1S/C59H57N17O15S6/c1-7-75(8-2)37-17-19-43(71-73-55-41(29-60)49(96(86,87)88)47(93-55)27-39(31(5)77)53(81)64-35-15-11-13-33(23-35)51(62)79)45(25-37)66-57-68-58(70-59(69-57)92-21-22-95(83,84)85)67-46-26-38(76(9-3)10-4)18-20-44(46)72-74-56-42(30-61)50(97(89,90)91)48(94-56)28-40(32(6)78)54(82)65-36-16-12-14-34(24-36)52(63)80/h11-20,23-28H,7-10,21-22H2,1-6H3,(H2,62,79)(H2,63,80)(H,64,81)(H,65,82)(H,83,84,85)(H,86,87,88)(H,89,90,91)(H2,66,67,68,69,70)/b39-27-,40-28+,73-71+,74-72+. The number of ketones is 2. The zero-order valence-electron chi connectivity index (χ0n) is 51.7. The Morgan fingerprint density at radius 1 is 0.588 bits per heavy atom. The smallest absolute Gasteiger partial charge is 0.297 e. The van der Waals surface area contributed by atoms with Crippen LogP contribution in [0, 0.1) is 22.7 Å². The van der Waals surface area contributed by atoms with Gasteiger partial charge in [0, 0.05) is 65.8 Å². The normalized spacial score (nSPS) is 12.0. The zero-order valence-corrected chi connectivity index (χ0v) is 56.6. The van der Waals surface area contributed by atoms with E-state index in [-0.39, 0.29) is 68.1 Å². The Hall–Kier alpha value is -10.6. The van der Waals surface area contributed by atoms with Crippen molar-refractivity contribution in [2.75, 3.05) is 68.8 Å². The van der Waals surface area contributed by atoms with Gasteiger partial charge < -0.3 is 42.5 Å². The van der Waals surface area contributed by atoms with Crippen molar-refractivity contribution in [3.63, 3.8) is 0 Å². The number of nitrogens with two attached hydrogens (primary N) is 2. The topological polar surface area (TPSA) is 508 Å². The van der Waals surface area contributed by atoms with Crippen LogP contribution in [-0.2, 0) is 49.5 Å². The van der Waals surface area contributed by atoms with Crippen LogP contribution < -0.4 is 42.5 Å². The summed E-state index contributed by atoms with van der Waals surface area (Å²) in [7, 11) is -15.1. The Bertz CT molecular complexity index is 4610. The number of amides is 4. The Balaban J connectivity index is 1.34. The summed E-state index contributed by atoms with van der Waals surface area (Å²) in [6.45, 7) is 11.5. The third-order valence-electron chi connectivity index (χ3n) is 13.5. The largest absolute Gasteiger partial charge is 0.372 e. The molecule has 0 aliphatic rings. The molecule has 0 spiro atoms. The van der Waals surface area contributed by atoms with Gasteiger partial charge in [-0.15, -0.1) is 43.1 Å². The van der Waals surface area contributed by atoms with Crippen LogP contribution >= 0.6 is 34.4 Å². The number of carbonyl (C=O) groups is 6. The number of Topliss-reactive ketones (excluding diaryl/α,β-unsaturated/α-hetero) is 2. The van der Waals surface area contributed by atoms with Crippen LogP contribution in [0.25, 0.3) is 12.2 Å². The maximum atomic E-state index is 13.6. The first-order valence-corrected chi connectivity index (χ1v) is 35.4. The predicted molar refractivity (Wildman–Crippen MR) is 364 cm³/mol. The van der Waals surface area contributed by atoms with Gasteiger partial charge in [-0.2, -0.15) is 50.7 Å². The van der Waals surface area contributed by atoms with Crippen molar-refractivity contribution >= 4 is 180 Å². The molecule has 38 heteroatoms. The van der Waals surface area contributed by atoms with Gasteiger partial charge in [-0.1, -0.05) is 23.9 Å². The summed E-state index contributed by atoms with van der Waals surface area (Å²) in [6.07, 6.45) is 1.67. The van der Waals surface area contributed by atoms with Crippen molar-refractivity contribution in [2.45, 2.75) is 56.5 Å². The third-order valence-corrected chi connectivity index (χ3v) is 19.5. The molecule has 3 aromatic heterocycles. The van der Waals surface area contributed by atoms with E-state index < -0.39 is 123 Å². The highest BCUT2D eigenvalue weighted by Crippen LogP contribution is 2.44. The Labute approximate surface area is 566 Å².